The third-order valence-corrected chi connectivity index (χ3v) is 8.38. The van der Waals surface area contributed by atoms with Crippen LogP contribution in [-0.2, 0) is 9.59 Å². The lowest BCUT2D eigenvalue weighted by Crippen LogP contribution is -2.44. The van der Waals surface area contributed by atoms with Crippen molar-refractivity contribution in [3.05, 3.63) is 44.2 Å². The molecule has 302 valence electrons. The standard InChI is InChI=1S/C34H58N12O8/c1-23-19-28(50)41-31(39-23)43-33(53)37-13-9-17-45(3,4)15-7-11-35-27(49)22-25(47)21-26(48)30(52)36-12-8-16-46(5,6)18-10-14-38-34(54)44-32-40-24(2)20-29(51)42-32/h19-20,25-26,47-48H,7-18,21-22H2,1-6H3,(H6-2,35,36,37,38,39,40,41,42,43,44,49,50,51,52,53,54)/p+2. The molecule has 0 fully saturated rings. The third-order valence-electron chi connectivity index (χ3n) is 8.38. The number of hydrogen-bond donors (Lipinski definition) is 10. The highest BCUT2D eigenvalue weighted by Gasteiger charge is 2.22. The Labute approximate surface area is 315 Å². The summed E-state index contributed by atoms with van der Waals surface area (Å²) in [5.74, 6) is -0.841. The molecule has 20 nitrogen and oxygen atoms in total. The van der Waals surface area contributed by atoms with Crippen LogP contribution in [0.15, 0.2) is 21.7 Å². The first kappa shape index (κ1) is 45.2. The summed E-state index contributed by atoms with van der Waals surface area (Å²) in [6, 6.07) is 1.71. The second kappa shape index (κ2) is 22.3. The minimum Gasteiger partial charge on any atom is -0.392 e. The molecule has 20 heteroatoms. The lowest BCUT2D eigenvalue weighted by Gasteiger charge is -2.30. The Kier molecular flexibility index (Phi) is 18.7. The van der Waals surface area contributed by atoms with E-state index in [1.54, 1.807) is 13.8 Å². The third kappa shape index (κ3) is 19.8. The fraction of sp³-hybridized carbons (Fsp3) is 0.647. The van der Waals surface area contributed by atoms with Crippen molar-refractivity contribution in [2.24, 2.45) is 0 Å². The van der Waals surface area contributed by atoms with Crippen molar-refractivity contribution in [2.75, 3.05) is 91.2 Å². The number of aliphatic hydroxyl groups excluding tert-OH is 2. The van der Waals surface area contributed by atoms with E-state index in [4.69, 9.17) is 0 Å². The molecule has 2 rings (SSSR count). The van der Waals surface area contributed by atoms with Crippen molar-refractivity contribution in [3.63, 3.8) is 0 Å². The molecular formula is C34H60N12O8+2. The van der Waals surface area contributed by atoms with Crippen molar-refractivity contribution in [1.29, 1.82) is 0 Å². The highest BCUT2D eigenvalue weighted by Crippen LogP contribution is 2.06. The molecule has 0 aromatic carbocycles. The minimum absolute atomic E-state index is 0.0753. The van der Waals surface area contributed by atoms with Crippen molar-refractivity contribution in [2.45, 2.75) is 64.6 Å². The molecule has 2 aromatic rings. The van der Waals surface area contributed by atoms with Gasteiger partial charge in [0.05, 0.1) is 66.9 Å². The summed E-state index contributed by atoms with van der Waals surface area (Å²) in [6.45, 7) is 7.86. The highest BCUT2D eigenvalue weighted by atomic mass is 16.3. The largest absolute Gasteiger partial charge is 0.392 e. The summed E-state index contributed by atoms with van der Waals surface area (Å²) < 4.78 is 1.29. The molecule has 0 saturated carbocycles. The number of urea groups is 2. The molecule has 0 bridgehead atoms. The molecule has 0 spiro atoms. The van der Waals surface area contributed by atoms with E-state index in [9.17, 15) is 39.0 Å². The number of quaternary nitrogens is 2. The van der Waals surface area contributed by atoms with Gasteiger partial charge in [0.25, 0.3) is 11.1 Å². The van der Waals surface area contributed by atoms with Crippen LogP contribution in [0.25, 0.3) is 0 Å². The zero-order chi connectivity index (χ0) is 40.3. The summed E-state index contributed by atoms with van der Waals surface area (Å²) in [7, 11) is 8.14. The number of rotatable bonds is 23. The Morgan fingerprint density at radius 1 is 0.667 bits per heavy atom. The Morgan fingerprint density at radius 2 is 1.06 bits per heavy atom. The van der Waals surface area contributed by atoms with Crippen LogP contribution in [0.4, 0.5) is 21.5 Å². The Morgan fingerprint density at radius 3 is 1.46 bits per heavy atom. The van der Waals surface area contributed by atoms with Crippen molar-refractivity contribution in [3.8, 4) is 0 Å². The summed E-state index contributed by atoms with van der Waals surface area (Å²) in [5.41, 5.74) is 0.276. The molecule has 2 unspecified atom stereocenters. The summed E-state index contributed by atoms with van der Waals surface area (Å²) in [6.07, 6.45) is -0.455. The fourth-order valence-electron chi connectivity index (χ4n) is 5.53. The predicted molar refractivity (Wildman–Crippen MR) is 203 cm³/mol. The number of hydrogen-bond acceptors (Lipinski definition) is 10. The number of aryl methyl sites for hydroxylation is 2. The van der Waals surface area contributed by atoms with Crippen molar-refractivity contribution in [1.82, 2.24) is 41.2 Å². The molecule has 2 aromatic heterocycles. The monoisotopic (exact) mass is 764 g/mol. The van der Waals surface area contributed by atoms with E-state index < -0.39 is 30.2 Å². The molecule has 0 aliphatic heterocycles. The van der Waals surface area contributed by atoms with E-state index in [0.717, 1.165) is 26.2 Å². The van der Waals surface area contributed by atoms with Crippen molar-refractivity contribution >= 4 is 35.8 Å². The number of carbonyl (C=O) groups excluding carboxylic acids is 4. The van der Waals surface area contributed by atoms with Crippen LogP contribution in [0.3, 0.4) is 0 Å². The maximum Gasteiger partial charge on any atom is 0.321 e. The number of anilines is 2. The van der Waals surface area contributed by atoms with Crippen LogP contribution < -0.4 is 43.0 Å². The van der Waals surface area contributed by atoms with E-state index in [-0.39, 0.29) is 41.8 Å². The molecule has 6 amide bonds. The number of aromatic amines is 2. The van der Waals surface area contributed by atoms with Gasteiger partial charge in [-0.2, -0.15) is 0 Å². The topological polar surface area (TPSA) is 272 Å². The lowest BCUT2D eigenvalue weighted by molar-refractivity contribution is -0.890. The van der Waals surface area contributed by atoms with Gasteiger partial charge in [0, 0.05) is 81.8 Å². The molecule has 0 aliphatic carbocycles. The maximum atomic E-state index is 12.4. The number of aromatic nitrogens is 4. The van der Waals surface area contributed by atoms with Gasteiger partial charge < -0.3 is 40.4 Å². The normalized spacial score (nSPS) is 12.7. The maximum absolute atomic E-state index is 12.4. The second-order valence-corrected chi connectivity index (χ2v) is 14.7. The summed E-state index contributed by atoms with van der Waals surface area (Å²) in [5, 5.41) is 36.5. The first-order valence-electron chi connectivity index (χ1n) is 18.1. The smallest absolute Gasteiger partial charge is 0.321 e. The van der Waals surface area contributed by atoms with Crippen LogP contribution in [0.5, 0.6) is 0 Å². The number of aliphatic hydroxyl groups is 2. The minimum atomic E-state index is -1.46. The average molecular weight is 765 g/mol. The Bertz CT molecular complexity index is 1640. The van der Waals surface area contributed by atoms with E-state index in [0.29, 0.717) is 72.2 Å². The molecule has 10 N–H and O–H groups in total. The Hall–Kier alpha value is -4.92. The Balaban J connectivity index is 1.52. The predicted octanol–water partition coefficient (Wildman–Crippen LogP) is -1.14. The van der Waals surface area contributed by atoms with Gasteiger partial charge >= 0.3 is 12.1 Å². The van der Waals surface area contributed by atoms with Crippen LogP contribution in [0.2, 0.25) is 0 Å². The van der Waals surface area contributed by atoms with Crippen molar-refractivity contribution < 1.29 is 38.4 Å². The number of nitrogens with one attached hydrogen (secondary N) is 8. The van der Waals surface area contributed by atoms with Crippen LogP contribution >= 0.6 is 0 Å². The van der Waals surface area contributed by atoms with Crippen LogP contribution in [-0.4, -0.2) is 156 Å². The summed E-state index contributed by atoms with van der Waals surface area (Å²) in [4.78, 5) is 84.9. The van der Waals surface area contributed by atoms with Crippen LogP contribution in [0.1, 0.15) is 49.9 Å². The lowest BCUT2D eigenvalue weighted by atomic mass is 10.1. The zero-order valence-corrected chi connectivity index (χ0v) is 32.3. The first-order chi connectivity index (χ1) is 25.3. The van der Waals surface area contributed by atoms with Crippen LogP contribution in [0, 0.1) is 13.8 Å². The van der Waals surface area contributed by atoms with E-state index in [1.807, 2.05) is 28.2 Å². The second-order valence-electron chi connectivity index (χ2n) is 14.7. The molecule has 0 aliphatic rings. The van der Waals surface area contributed by atoms with Gasteiger partial charge in [-0.25, -0.2) is 19.6 Å². The molecule has 2 atom stereocenters. The number of nitrogens with zero attached hydrogens (tertiary/aromatic N) is 4. The number of amides is 6. The van der Waals surface area contributed by atoms with E-state index >= 15 is 0 Å². The van der Waals surface area contributed by atoms with E-state index in [1.165, 1.54) is 12.1 Å². The zero-order valence-electron chi connectivity index (χ0n) is 32.3. The average Bonchev–Trinajstić information content (AvgIpc) is 3.04. The molecule has 54 heavy (non-hydrogen) atoms. The van der Waals surface area contributed by atoms with Gasteiger partial charge in [-0.05, 0) is 13.8 Å². The van der Waals surface area contributed by atoms with Gasteiger partial charge in [0.1, 0.15) is 6.10 Å². The summed E-state index contributed by atoms with van der Waals surface area (Å²) >= 11 is 0. The molecule has 0 saturated heterocycles. The van der Waals surface area contributed by atoms with Gasteiger partial charge in [-0.1, -0.05) is 0 Å². The number of carbonyl (C=O) groups is 4. The SMILES string of the molecule is Cc1cc(=O)[nH]c(NC(=O)NCCC[N+](C)(C)CCCNC(=O)CC(O)CC(O)C(=O)NCCC[N+](C)(C)CCCNC(=O)Nc2nc(C)cc(=O)[nH]2)n1. The molecule has 2 heterocycles. The van der Waals surface area contributed by atoms with Gasteiger partial charge in [-0.15, -0.1) is 0 Å². The quantitative estimate of drug-likeness (QED) is 0.0480. The molecule has 0 radical (unpaired) electrons. The molecular weight excluding hydrogens is 704 g/mol. The van der Waals surface area contributed by atoms with Gasteiger partial charge in [-0.3, -0.25) is 39.8 Å². The number of H-pyrrole nitrogens is 2. The first-order valence-corrected chi connectivity index (χ1v) is 18.1. The van der Waals surface area contributed by atoms with Gasteiger partial charge in [0.2, 0.25) is 23.7 Å². The van der Waals surface area contributed by atoms with E-state index in [2.05, 4.69) is 51.8 Å². The fourth-order valence-corrected chi connectivity index (χ4v) is 5.53. The highest BCUT2D eigenvalue weighted by molar-refractivity contribution is 5.87. The van der Waals surface area contributed by atoms with Gasteiger partial charge in [0.15, 0.2) is 0 Å².